The topological polar surface area (TPSA) is 23.8 Å². The summed E-state index contributed by atoms with van der Waals surface area (Å²) in [5.74, 6) is 0. The van der Waals surface area contributed by atoms with Gasteiger partial charge in [0, 0.05) is 0 Å². The van der Waals surface area contributed by atoms with E-state index in [9.17, 15) is 0 Å². The van der Waals surface area contributed by atoms with Crippen molar-refractivity contribution in [2.45, 2.75) is 13.3 Å². The van der Waals surface area contributed by atoms with Crippen LogP contribution in [0.15, 0.2) is 48.5 Å². The van der Waals surface area contributed by atoms with Gasteiger partial charge in [-0.05, 0) is 36.1 Å². The van der Waals surface area contributed by atoms with Crippen LogP contribution in [0, 0.1) is 18.3 Å². The lowest BCUT2D eigenvalue weighted by molar-refractivity contribution is 1.15. The molecule has 0 aliphatic carbocycles. The lowest BCUT2D eigenvalue weighted by Crippen LogP contribution is -1.94. The third-order valence-corrected chi connectivity index (χ3v) is 2.78. The molecule has 0 fully saturated rings. The SMILES string of the molecule is Cc1ccccc1Cc1ccccc1C#N. The highest BCUT2D eigenvalue weighted by Crippen LogP contribution is 2.16. The predicted molar refractivity (Wildman–Crippen MR) is 65.1 cm³/mol. The Kier molecular flexibility index (Phi) is 3.03. The van der Waals surface area contributed by atoms with Crippen LogP contribution >= 0.6 is 0 Å². The molecule has 0 radical (unpaired) electrons. The summed E-state index contributed by atoms with van der Waals surface area (Å²) in [7, 11) is 0. The molecule has 0 aromatic heterocycles. The molecule has 0 heterocycles. The van der Waals surface area contributed by atoms with Crippen molar-refractivity contribution in [1.82, 2.24) is 0 Å². The van der Waals surface area contributed by atoms with E-state index < -0.39 is 0 Å². The van der Waals surface area contributed by atoms with E-state index in [1.807, 2.05) is 36.4 Å². The molecular weight excluding hydrogens is 194 g/mol. The molecule has 0 aliphatic rings. The Labute approximate surface area is 96.0 Å². The van der Waals surface area contributed by atoms with E-state index >= 15 is 0 Å². The Morgan fingerprint density at radius 1 is 0.938 bits per heavy atom. The highest BCUT2D eigenvalue weighted by Gasteiger charge is 2.03. The van der Waals surface area contributed by atoms with Gasteiger partial charge in [0.25, 0.3) is 0 Å². The Bertz CT molecular complexity index is 535. The van der Waals surface area contributed by atoms with Crippen molar-refractivity contribution in [3.8, 4) is 6.07 Å². The van der Waals surface area contributed by atoms with Gasteiger partial charge in [-0.25, -0.2) is 0 Å². The maximum Gasteiger partial charge on any atom is 0.0994 e. The van der Waals surface area contributed by atoms with Crippen LogP contribution in [0.25, 0.3) is 0 Å². The van der Waals surface area contributed by atoms with Gasteiger partial charge in [-0.2, -0.15) is 5.26 Å². The maximum absolute atomic E-state index is 9.02. The number of rotatable bonds is 2. The lowest BCUT2D eigenvalue weighted by atomic mass is 9.97. The van der Waals surface area contributed by atoms with Crippen LogP contribution in [0.5, 0.6) is 0 Å². The van der Waals surface area contributed by atoms with Gasteiger partial charge in [0.05, 0.1) is 11.6 Å². The maximum atomic E-state index is 9.02. The molecule has 0 amide bonds. The highest BCUT2D eigenvalue weighted by atomic mass is 14.2. The highest BCUT2D eigenvalue weighted by molar-refractivity contribution is 5.41. The van der Waals surface area contributed by atoms with Crippen molar-refractivity contribution in [3.05, 3.63) is 70.8 Å². The van der Waals surface area contributed by atoms with E-state index in [0.717, 1.165) is 17.5 Å². The van der Waals surface area contributed by atoms with Gasteiger partial charge in [0.1, 0.15) is 0 Å². The third-order valence-electron chi connectivity index (χ3n) is 2.78. The average molecular weight is 207 g/mol. The molecule has 0 bridgehead atoms. The fourth-order valence-electron chi connectivity index (χ4n) is 1.80. The number of benzene rings is 2. The molecule has 0 spiro atoms. The minimum Gasteiger partial charge on any atom is -0.192 e. The predicted octanol–water partition coefficient (Wildman–Crippen LogP) is 3.46. The fourth-order valence-corrected chi connectivity index (χ4v) is 1.80. The average Bonchev–Trinajstić information content (AvgIpc) is 2.33. The van der Waals surface area contributed by atoms with Gasteiger partial charge >= 0.3 is 0 Å². The van der Waals surface area contributed by atoms with E-state index in [0.29, 0.717) is 0 Å². The monoisotopic (exact) mass is 207 g/mol. The Hall–Kier alpha value is -2.07. The number of nitrogens with zero attached hydrogens (tertiary/aromatic N) is 1. The summed E-state index contributed by atoms with van der Waals surface area (Å²) in [6.07, 6.45) is 0.830. The van der Waals surface area contributed by atoms with E-state index in [1.165, 1.54) is 11.1 Å². The molecular formula is C15H13N. The molecule has 0 saturated heterocycles. The van der Waals surface area contributed by atoms with Crippen molar-refractivity contribution >= 4 is 0 Å². The minimum atomic E-state index is 0.769. The van der Waals surface area contributed by atoms with Crippen LogP contribution in [-0.4, -0.2) is 0 Å². The smallest absolute Gasteiger partial charge is 0.0994 e. The molecule has 2 aromatic rings. The summed E-state index contributed by atoms with van der Waals surface area (Å²) in [4.78, 5) is 0. The van der Waals surface area contributed by atoms with E-state index in [1.54, 1.807) is 0 Å². The quantitative estimate of drug-likeness (QED) is 0.739. The standard InChI is InChI=1S/C15H13N/c1-12-6-2-3-7-13(12)10-14-8-4-5-9-15(14)11-16/h2-9H,10H2,1H3. The van der Waals surface area contributed by atoms with E-state index in [-0.39, 0.29) is 0 Å². The zero-order valence-electron chi connectivity index (χ0n) is 9.27. The number of hydrogen-bond acceptors (Lipinski definition) is 1. The second kappa shape index (κ2) is 4.63. The summed E-state index contributed by atoms with van der Waals surface area (Å²) in [5.41, 5.74) is 4.42. The van der Waals surface area contributed by atoms with Gasteiger partial charge in [-0.3, -0.25) is 0 Å². The van der Waals surface area contributed by atoms with Crippen LogP contribution in [0.2, 0.25) is 0 Å². The van der Waals surface area contributed by atoms with Crippen LogP contribution in [-0.2, 0) is 6.42 Å². The molecule has 2 aromatic carbocycles. The van der Waals surface area contributed by atoms with Crippen LogP contribution in [0.1, 0.15) is 22.3 Å². The van der Waals surface area contributed by atoms with Crippen molar-refractivity contribution < 1.29 is 0 Å². The van der Waals surface area contributed by atoms with Gasteiger partial charge in [-0.15, -0.1) is 0 Å². The first kappa shape index (κ1) is 10.4. The Morgan fingerprint density at radius 3 is 2.25 bits per heavy atom. The van der Waals surface area contributed by atoms with Crippen molar-refractivity contribution in [2.75, 3.05) is 0 Å². The summed E-state index contributed by atoms with van der Waals surface area (Å²) < 4.78 is 0. The molecule has 0 unspecified atom stereocenters. The van der Waals surface area contributed by atoms with Gasteiger partial charge in [-0.1, -0.05) is 42.5 Å². The molecule has 0 atom stereocenters. The Balaban J connectivity index is 2.35. The molecule has 0 aliphatic heterocycles. The molecule has 0 saturated carbocycles. The van der Waals surface area contributed by atoms with Gasteiger partial charge in [0.15, 0.2) is 0 Å². The first-order valence-electron chi connectivity index (χ1n) is 5.34. The fraction of sp³-hybridized carbons (Fsp3) is 0.133. The summed E-state index contributed by atoms with van der Waals surface area (Å²) in [5, 5.41) is 9.02. The van der Waals surface area contributed by atoms with Crippen molar-refractivity contribution in [2.24, 2.45) is 0 Å². The first-order valence-corrected chi connectivity index (χ1v) is 5.34. The molecule has 0 N–H and O–H groups in total. The van der Waals surface area contributed by atoms with E-state index in [2.05, 4.69) is 25.1 Å². The third kappa shape index (κ3) is 2.12. The molecule has 16 heavy (non-hydrogen) atoms. The zero-order valence-corrected chi connectivity index (χ0v) is 9.27. The number of aryl methyl sites for hydroxylation is 1. The second-order valence-electron chi connectivity index (χ2n) is 3.87. The summed E-state index contributed by atoms with van der Waals surface area (Å²) in [6, 6.07) is 18.3. The van der Waals surface area contributed by atoms with Gasteiger partial charge < -0.3 is 0 Å². The van der Waals surface area contributed by atoms with E-state index in [4.69, 9.17) is 5.26 Å². The molecule has 2 rings (SSSR count). The summed E-state index contributed by atoms with van der Waals surface area (Å²) >= 11 is 0. The van der Waals surface area contributed by atoms with Crippen LogP contribution in [0.4, 0.5) is 0 Å². The molecule has 78 valence electrons. The zero-order chi connectivity index (χ0) is 11.4. The number of hydrogen-bond donors (Lipinski definition) is 0. The molecule has 1 nitrogen and oxygen atoms in total. The Morgan fingerprint density at radius 2 is 1.56 bits per heavy atom. The van der Waals surface area contributed by atoms with Crippen molar-refractivity contribution in [3.63, 3.8) is 0 Å². The second-order valence-corrected chi connectivity index (χ2v) is 3.87. The first-order chi connectivity index (χ1) is 7.81. The van der Waals surface area contributed by atoms with Gasteiger partial charge in [0.2, 0.25) is 0 Å². The molecule has 1 heteroatoms. The lowest BCUT2D eigenvalue weighted by Gasteiger charge is -2.06. The normalized spacial score (nSPS) is 9.75. The minimum absolute atomic E-state index is 0.769. The summed E-state index contributed by atoms with van der Waals surface area (Å²) in [6.45, 7) is 2.10. The number of nitriles is 1. The van der Waals surface area contributed by atoms with Crippen molar-refractivity contribution in [1.29, 1.82) is 5.26 Å². The largest absolute Gasteiger partial charge is 0.192 e. The van der Waals surface area contributed by atoms with Crippen LogP contribution in [0.3, 0.4) is 0 Å². The van der Waals surface area contributed by atoms with Crippen LogP contribution < -0.4 is 0 Å².